The molecule has 0 aromatic heterocycles. The number of primary amides is 1. The van der Waals surface area contributed by atoms with Crippen molar-refractivity contribution in [2.45, 2.75) is 25.7 Å². The van der Waals surface area contributed by atoms with E-state index in [1.165, 1.54) is 12.1 Å². The van der Waals surface area contributed by atoms with Gasteiger partial charge in [-0.3, -0.25) is 14.4 Å². The molecule has 7 heteroatoms. The molecular formula is C16H16N2O5. The molecule has 23 heavy (non-hydrogen) atoms. The maximum atomic E-state index is 12.3. The third-order valence-electron chi connectivity index (χ3n) is 4.37. The summed E-state index contributed by atoms with van der Waals surface area (Å²) >= 11 is 0. The number of fused-ring (bicyclic) bond motifs is 1. The molecule has 1 heterocycles. The largest absolute Gasteiger partial charge is 0.369 e. The van der Waals surface area contributed by atoms with Gasteiger partial charge < -0.3 is 10.6 Å². The van der Waals surface area contributed by atoms with Crippen molar-refractivity contribution < 1.29 is 24.0 Å². The topological polar surface area (TPSA) is 107 Å². The number of rotatable bonds is 3. The number of amides is 3. The summed E-state index contributed by atoms with van der Waals surface area (Å²) < 4.78 is 0. The van der Waals surface area contributed by atoms with Crippen LogP contribution in [0.15, 0.2) is 24.3 Å². The van der Waals surface area contributed by atoms with Gasteiger partial charge in [-0.15, -0.1) is 0 Å². The van der Waals surface area contributed by atoms with Crippen LogP contribution in [0.2, 0.25) is 0 Å². The molecule has 2 aliphatic rings. The number of benzene rings is 1. The van der Waals surface area contributed by atoms with Gasteiger partial charge in [0.25, 0.3) is 11.8 Å². The average molecular weight is 316 g/mol. The van der Waals surface area contributed by atoms with Crippen LogP contribution in [-0.2, 0) is 14.4 Å². The van der Waals surface area contributed by atoms with Crippen molar-refractivity contribution in [1.29, 1.82) is 0 Å². The molecule has 0 saturated heterocycles. The first kappa shape index (κ1) is 15.2. The van der Waals surface area contributed by atoms with Gasteiger partial charge in [-0.2, -0.15) is 0 Å². The van der Waals surface area contributed by atoms with Crippen molar-refractivity contribution in [3.63, 3.8) is 0 Å². The monoisotopic (exact) mass is 316 g/mol. The summed E-state index contributed by atoms with van der Waals surface area (Å²) in [5.41, 5.74) is 5.72. The first-order chi connectivity index (χ1) is 11.0. The zero-order valence-corrected chi connectivity index (χ0v) is 12.4. The van der Waals surface area contributed by atoms with Gasteiger partial charge in [0, 0.05) is 0 Å². The van der Waals surface area contributed by atoms with Crippen LogP contribution in [-0.4, -0.2) is 28.8 Å². The van der Waals surface area contributed by atoms with Crippen molar-refractivity contribution in [2.24, 2.45) is 17.6 Å². The molecule has 1 fully saturated rings. The molecule has 3 amide bonds. The maximum Gasteiger partial charge on any atom is 0.337 e. The normalized spacial score (nSPS) is 23.6. The molecule has 1 aromatic rings. The minimum atomic E-state index is -0.761. The average Bonchev–Trinajstić information content (AvgIpc) is 2.80. The Morgan fingerprint density at radius 1 is 1.00 bits per heavy atom. The lowest BCUT2D eigenvalue weighted by Gasteiger charge is -2.28. The van der Waals surface area contributed by atoms with Crippen LogP contribution < -0.4 is 5.73 Å². The Morgan fingerprint density at radius 3 is 2.04 bits per heavy atom. The summed E-state index contributed by atoms with van der Waals surface area (Å²) in [4.78, 5) is 53.2. The SMILES string of the molecule is NC(=O)[C@@H]1CCCC[C@@H]1C(=O)ON1C(=O)c2ccccc2C1=O. The minimum absolute atomic E-state index is 0.195. The highest BCUT2D eigenvalue weighted by Crippen LogP contribution is 2.32. The van der Waals surface area contributed by atoms with Gasteiger partial charge >= 0.3 is 5.97 Å². The summed E-state index contributed by atoms with van der Waals surface area (Å²) in [5.74, 6) is -4.01. The highest BCUT2D eigenvalue weighted by molar-refractivity contribution is 6.20. The van der Waals surface area contributed by atoms with Crippen LogP contribution in [0, 0.1) is 11.8 Å². The third-order valence-corrected chi connectivity index (χ3v) is 4.37. The quantitative estimate of drug-likeness (QED) is 0.838. The highest BCUT2D eigenvalue weighted by Gasteiger charge is 2.42. The minimum Gasteiger partial charge on any atom is -0.369 e. The van der Waals surface area contributed by atoms with E-state index in [9.17, 15) is 19.2 Å². The Morgan fingerprint density at radius 2 is 1.52 bits per heavy atom. The van der Waals surface area contributed by atoms with Gasteiger partial charge in [-0.25, -0.2) is 4.79 Å². The van der Waals surface area contributed by atoms with Crippen LogP contribution >= 0.6 is 0 Å². The summed E-state index contributed by atoms with van der Waals surface area (Å²) in [6.07, 6.45) is 2.54. The fraction of sp³-hybridized carbons (Fsp3) is 0.375. The summed E-state index contributed by atoms with van der Waals surface area (Å²) in [5, 5.41) is 0.472. The molecule has 120 valence electrons. The van der Waals surface area contributed by atoms with E-state index >= 15 is 0 Å². The predicted octanol–water partition coefficient (Wildman–Crippen LogP) is 1.03. The number of hydroxylamine groups is 2. The second-order valence-electron chi connectivity index (χ2n) is 5.76. The van der Waals surface area contributed by atoms with Crippen LogP contribution in [0.3, 0.4) is 0 Å². The van der Waals surface area contributed by atoms with E-state index < -0.39 is 35.5 Å². The van der Waals surface area contributed by atoms with E-state index in [1.54, 1.807) is 12.1 Å². The van der Waals surface area contributed by atoms with Gasteiger partial charge in [-0.05, 0) is 25.0 Å². The molecule has 1 aliphatic heterocycles. The van der Waals surface area contributed by atoms with E-state index in [0.29, 0.717) is 17.9 Å². The molecule has 3 rings (SSSR count). The van der Waals surface area contributed by atoms with Gasteiger partial charge in [0.15, 0.2) is 0 Å². The molecule has 0 bridgehead atoms. The second-order valence-corrected chi connectivity index (χ2v) is 5.76. The highest BCUT2D eigenvalue weighted by atomic mass is 16.7. The first-order valence-electron chi connectivity index (χ1n) is 7.49. The Kier molecular flexibility index (Phi) is 3.85. The van der Waals surface area contributed by atoms with E-state index in [4.69, 9.17) is 10.6 Å². The maximum absolute atomic E-state index is 12.3. The Hall–Kier alpha value is -2.70. The van der Waals surface area contributed by atoms with Crippen LogP contribution in [0.4, 0.5) is 0 Å². The smallest absolute Gasteiger partial charge is 0.337 e. The number of nitrogens with two attached hydrogens (primary N) is 1. The van der Waals surface area contributed by atoms with E-state index in [2.05, 4.69) is 0 Å². The van der Waals surface area contributed by atoms with Crippen molar-refractivity contribution in [2.75, 3.05) is 0 Å². The molecule has 1 saturated carbocycles. The summed E-state index contributed by atoms with van der Waals surface area (Å²) in [6.45, 7) is 0. The summed E-state index contributed by atoms with van der Waals surface area (Å²) in [6, 6.07) is 6.24. The number of carbonyl (C=O) groups is 4. The predicted molar refractivity (Wildman–Crippen MR) is 77.7 cm³/mol. The molecule has 2 N–H and O–H groups in total. The number of carbonyl (C=O) groups excluding carboxylic acids is 4. The fourth-order valence-electron chi connectivity index (χ4n) is 3.16. The molecule has 2 atom stereocenters. The standard InChI is InChI=1S/C16H16N2O5/c17-13(19)9-5-1-4-8-12(9)16(22)23-18-14(20)10-6-2-3-7-11(10)15(18)21/h2-3,6-7,9,12H,1,4-5,8H2,(H2,17,19)/t9-,12+/m1/s1. The third kappa shape index (κ3) is 2.58. The van der Waals surface area contributed by atoms with Gasteiger partial charge in [0.1, 0.15) is 0 Å². The van der Waals surface area contributed by atoms with Crippen molar-refractivity contribution in [3.8, 4) is 0 Å². The summed E-state index contributed by atoms with van der Waals surface area (Å²) in [7, 11) is 0. The molecule has 0 unspecified atom stereocenters. The Labute approximate surface area is 132 Å². The molecule has 1 aromatic carbocycles. The molecule has 0 spiro atoms. The van der Waals surface area contributed by atoms with Gasteiger partial charge in [0.2, 0.25) is 5.91 Å². The van der Waals surface area contributed by atoms with Crippen LogP contribution in [0.25, 0.3) is 0 Å². The van der Waals surface area contributed by atoms with Crippen molar-refractivity contribution in [1.82, 2.24) is 5.06 Å². The molecular weight excluding hydrogens is 300 g/mol. The first-order valence-corrected chi connectivity index (χ1v) is 7.49. The van der Waals surface area contributed by atoms with Gasteiger partial charge in [-0.1, -0.05) is 30.0 Å². The van der Waals surface area contributed by atoms with E-state index in [1.807, 2.05) is 0 Å². The van der Waals surface area contributed by atoms with Crippen molar-refractivity contribution >= 4 is 23.7 Å². The zero-order chi connectivity index (χ0) is 16.6. The Balaban J connectivity index is 1.77. The number of imide groups is 1. The van der Waals surface area contributed by atoms with Gasteiger partial charge in [0.05, 0.1) is 23.0 Å². The van der Waals surface area contributed by atoms with E-state index in [-0.39, 0.29) is 11.1 Å². The fourth-order valence-corrected chi connectivity index (χ4v) is 3.16. The molecule has 1 aliphatic carbocycles. The lowest BCUT2D eigenvalue weighted by molar-refractivity contribution is -0.177. The van der Waals surface area contributed by atoms with Crippen LogP contribution in [0.5, 0.6) is 0 Å². The lowest BCUT2D eigenvalue weighted by Crippen LogP contribution is -2.41. The van der Waals surface area contributed by atoms with Crippen molar-refractivity contribution in [3.05, 3.63) is 35.4 Å². The zero-order valence-electron chi connectivity index (χ0n) is 12.4. The van der Waals surface area contributed by atoms with Crippen LogP contribution in [0.1, 0.15) is 46.4 Å². The number of hydrogen-bond donors (Lipinski definition) is 1. The lowest BCUT2D eigenvalue weighted by atomic mass is 9.79. The number of hydrogen-bond acceptors (Lipinski definition) is 5. The number of nitrogens with zero attached hydrogens (tertiary/aromatic N) is 1. The van der Waals surface area contributed by atoms with E-state index in [0.717, 1.165) is 12.8 Å². The Bertz CT molecular complexity index is 664. The molecule has 0 radical (unpaired) electrons. The molecule has 7 nitrogen and oxygen atoms in total. The second kappa shape index (κ2) is 5.83.